The lowest BCUT2D eigenvalue weighted by molar-refractivity contribution is 1.08. The quantitative estimate of drug-likeness (QED) is 0.229. The molecule has 8 aromatic rings. The van der Waals surface area contributed by atoms with Crippen molar-refractivity contribution in [3.05, 3.63) is 121 Å². The molecule has 5 heterocycles. The summed E-state index contributed by atoms with van der Waals surface area (Å²) in [4.78, 5) is 15.2. The van der Waals surface area contributed by atoms with Crippen molar-refractivity contribution in [1.82, 2.24) is 14.4 Å². The third-order valence-electron chi connectivity index (χ3n) is 7.72. The normalized spacial score (nSPS) is 13.0. The molecule has 9 rings (SSSR count). The van der Waals surface area contributed by atoms with Crippen LogP contribution in [0.2, 0.25) is 0 Å². The van der Waals surface area contributed by atoms with E-state index in [0.29, 0.717) is 5.95 Å². The highest BCUT2D eigenvalue weighted by Gasteiger charge is 2.34. The third-order valence-corrected chi connectivity index (χ3v) is 8.90. The molecule has 182 valence electrons. The van der Waals surface area contributed by atoms with Gasteiger partial charge in [-0.25, -0.2) is 9.97 Å². The van der Waals surface area contributed by atoms with E-state index in [0.717, 1.165) is 33.5 Å². The van der Waals surface area contributed by atoms with Crippen LogP contribution in [-0.4, -0.2) is 14.4 Å². The van der Waals surface area contributed by atoms with Crippen LogP contribution in [0.5, 0.6) is 0 Å². The van der Waals surface area contributed by atoms with E-state index in [1.165, 1.54) is 37.1 Å². The zero-order valence-electron chi connectivity index (χ0n) is 20.7. The number of hydrogen-bond donors (Lipinski definition) is 0. The van der Waals surface area contributed by atoms with E-state index >= 15 is 0 Å². The second-order valence-electron chi connectivity index (χ2n) is 9.86. The van der Waals surface area contributed by atoms with E-state index in [4.69, 9.17) is 9.97 Å². The summed E-state index contributed by atoms with van der Waals surface area (Å²) >= 11 is 1.83. The lowest BCUT2D eigenvalue weighted by Crippen LogP contribution is -2.17. The van der Waals surface area contributed by atoms with Crippen LogP contribution in [-0.2, 0) is 0 Å². The SMILES string of the molecule is c1ccc(-c2nc(N3c4ccccc4Sc4c3c3c5ccccc5c5cccc4n53)nc3ccccc23)cc1. The molecule has 0 atom stereocenters. The van der Waals surface area contributed by atoms with Gasteiger partial charge in [0.15, 0.2) is 0 Å². The Labute approximate surface area is 228 Å². The molecule has 0 radical (unpaired) electrons. The van der Waals surface area contributed by atoms with Crippen LogP contribution < -0.4 is 4.90 Å². The highest BCUT2D eigenvalue weighted by Crippen LogP contribution is 2.57. The van der Waals surface area contributed by atoms with Crippen LogP contribution in [0.25, 0.3) is 49.5 Å². The Hall–Kier alpha value is -4.87. The molecule has 0 saturated carbocycles. The fraction of sp³-hybridized carbons (Fsp3) is 0. The van der Waals surface area contributed by atoms with Gasteiger partial charge in [0, 0.05) is 26.6 Å². The highest BCUT2D eigenvalue weighted by molar-refractivity contribution is 8.00. The molecule has 39 heavy (non-hydrogen) atoms. The lowest BCUT2D eigenvalue weighted by atomic mass is 10.1. The van der Waals surface area contributed by atoms with E-state index in [2.05, 4.69) is 118 Å². The second-order valence-corrected chi connectivity index (χ2v) is 10.9. The molecule has 1 aliphatic rings. The number of para-hydroxylation sites is 2. The third kappa shape index (κ3) is 2.85. The second kappa shape index (κ2) is 7.82. The zero-order chi connectivity index (χ0) is 25.5. The number of aromatic nitrogens is 3. The van der Waals surface area contributed by atoms with Gasteiger partial charge in [0.1, 0.15) is 0 Å². The van der Waals surface area contributed by atoms with Gasteiger partial charge >= 0.3 is 0 Å². The van der Waals surface area contributed by atoms with Crippen molar-refractivity contribution < 1.29 is 0 Å². The predicted molar refractivity (Wildman–Crippen MR) is 161 cm³/mol. The molecule has 1 aliphatic heterocycles. The Kier molecular flexibility index (Phi) is 4.23. The van der Waals surface area contributed by atoms with Gasteiger partial charge in [-0.2, -0.15) is 0 Å². The van der Waals surface area contributed by atoms with Gasteiger partial charge < -0.3 is 4.40 Å². The molecule has 0 saturated heterocycles. The first-order valence-corrected chi connectivity index (χ1v) is 13.8. The minimum Gasteiger partial charge on any atom is -0.306 e. The Balaban J connectivity index is 1.44. The maximum atomic E-state index is 5.31. The van der Waals surface area contributed by atoms with Gasteiger partial charge in [-0.3, -0.25) is 4.90 Å². The van der Waals surface area contributed by atoms with Crippen LogP contribution in [0.1, 0.15) is 0 Å². The number of anilines is 3. The maximum Gasteiger partial charge on any atom is 0.235 e. The fourth-order valence-corrected chi connectivity index (χ4v) is 7.27. The Morgan fingerprint density at radius 2 is 1.28 bits per heavy atom. The number of pyridine rings is 1. The van der Waals surface area contributed by atoms with Crippen molar-refractivity contribution in [3.63, 3.8) is 0 Å². The van der Waals surface area contributed by atoms with Gasteiger partial charge in [-0.1, -0.05) is 103 Å². The fourth-order valence-electron chi connectivity index (χ4n) is 6.09. The monoisotopic (exact) mass is 516 g/mol. The number of rotatable bonds is 2. The maximum absolute atomic E-state index is 5.31. The molecule has 0 amide bonds. The molecular weight excluding hydrogens is 496 g/mol. The van der Waals surface area contributed by atoms with Gasteiger partial charge in [-0.05, 0) is 30.3 Å². The van der Waals surface area contributed by atoms with E-state index in [1.807, 2.05) is 23.9 Å². The molecule has 0 spiro atoms. The van der Waals surface area contributed by atoms with Crippen LogP contribution in [0.3, 0.4) is 0 Å². The van der Waals surface area contributed by atoms with Gasteiger partial charge in [0.05, 0.1) is 44.0 Å². The summed E-state index contributed by atoms with van der Waals surface area (Å²) < 4.78 is 2.42. The molecule has 0 aliphatic carbocycles. The molecule has 0 unspecified atom stereocenters. The standard InChI is InChI=1S/C34H20N4S/c1-2-11-21(12-3-1)30-24-15-6-7-16-25(24)35-34(36-30)38-27-17-8-9-20-29(27)39-33-28-19-10-18-26-22-13-4-5-14-23(22)31(32(33)38)37(26)28/h1-20H. The first-order valence-electron chi connectivity index (χ1n) is 13.0. The minimum atomic E-state index is 0.680. The van der Waals surface area contributed by atoms with Gasteiger partial charge in [-0.15, -0.1) is 0 Å². The number of benzene rings is 4. The molecule has 0 fully saturated rings. The van der Waals surface area contributed by atoms with Gasteiger partial charge in [0.25, 0.3) is 0 Å². The smallest absolute Gasteiger partial charge is 0.235 e. The number of fused-ring (bicyclic) bond motifs is 8. The summed E-state index contributed by atoms with van der Waals surface area (Å²) in [6.45, 7) is 0. The molecular formula is C34H20N4S. The Morgan fingerprint density at radius 1 is 0.564 bits per heavy atom. The van der Waals surface area contributed by atoms with E-state index in [9.17, 15) is 0 Å². The average molecular weight is 517 g/mol. The zero-order valence-corrected chi connectivity index (χ0v) is 21.6. The summed E-state index contributed by atoms with van der Waals surface area (Å²) in [5.41, 5.74) is 8.83. The summed E-state index contributed by atoms with van der Waals surface area (Å²) in [6.07, 6.45) is 0. The Morgan fingerprint density at radius 3 is 2.18 bits per heavy atom. The Bertz CT molecular complexity index is 2220. The molecule has 4 aromatic heterocycles. The average Bonchev–Trinajstić information content (AvgIpc) is 3.52. The van der Waals surface area contributed by atoms with Crippen LogP contribution in [0.15, 0.2) is 131 Å². The predicted octanol–water partition coefficient (Wildman–Crippen LogP) is 9.23. The van der Waals surface area contributed by atoms with Crippen molar-refractivity contribution in [2.24, 2.45) is 0 Å². The van der Waals surface area contributed by atoms with Crippen molar-refractivity contribution >= 4 is 67.3 Å². The molecule has 0 N–H and O–H groups in total. The first kappa shape index (κ1) is 21.1. The van der Waals surface area contributed by atoms with Gasteiger partial charge in [0.2, 0.25) is 5.95 Å². The summed E-state index contributed by atoms with van der Waals surface area (Å²) in [6, 6.07) is 42.6. The first-order chi connectivity index (χ1) is 19.4. The molecule has 0 bridgehead atoms. The minimum absolute atomic E-state index is 0.680. The van der Waals surface area contributed by atoms with E-state index in [1.54, 1.807) is 0 Å². The molecule has 4 aromatic carbocycles. The van der Waals surface area contributed by atoms with Crippen molar-refractivity contribution in [3.8, 4) is 11.3 Å². The lowest BCUT2D eigenvalue weighted by Gasteiger charge is -2.30. The van der Waals surface area contributed by atoms with Crippen LogP contribution in [0, 0.1) is 0 Å². The number of nitrogens with zero attached hydrogens (tertiary/aromatic N) is 4. The summed E-state index contributed by atoms with van der Waals surface area (Å²) in [7, 11) is 0. The summed E-state index contributed by atoms with van der Waals surface area (Å²) in [5, 5.41) is 3.55. The van der Waals surface area contributed by atoms with E-state index < -0.39 is 0 Å². The van der Waals surface area contributed by atoms with Crippen molar-refractivity contribution in [2.45, 2.75) is 9.79 Å². The highest BCUT2D eigenvalue weighted by atomic mass is 32.2. The van der Waals surface area contributed by atoms with Crippen molar-refractivity contribution in [2.75, 3.05) is 4.90 Å². The molecule has 4 nitrogen and oxygen atoms in total. The van der Waals surface area contributed by atoms with Crippen molar-refractivity contribution in [1.29, 1.82) is 0 Å². The molecule has 5 heteroatoms. The summed E-state index contributed by atoms with van der Waals surface area (Å²) in [5.74, 6) is 0.680. The van der Waals surface area contributed by atoms with Crippen LogP contribution >= 0.6 is 11.8 Å². The van der Waals surface area contributed by atoms with E-state index in [-0.39, 0.29) is 0 Å². The topological polar surface area (TPSA) is 33.4 Å². The number of hydrogen-bond acceptors (Lipinski definition) is 4. The largest absolute Gasteiger partial charge is 0.306 e. The van der Waals surface area contributed by atoms with Crippen LogP contribution in [0.4, 0.5) is 17.3 Å².